The predicted octanol–water partition coefficient (Wildman–Crippen LogP) is 5.26. The quantitative estimate of drug-likeness (QED) is 0.478. The van der Waals surface area contributed by atoms with Crippen LogP contribution in [0.3, 0.4) is 0 Å². The first-order valence-corrected chi connectivity index (χ1v) is 9.53. The highest BCUT2D eigenvalue weighted by Gasteiger charge is 2.13. The van der Waals surface area contributed by atoms with E-state index in [1.54, 1.807) is 29.3 Å². The number of pyridine rings is 1. The van der Waals surface area contributed by atoms with Crippen molar-refractivity contribution in [3.05, 3.63) is 95.0 Å². The molecule has 0 aliphatic rings. The third-order valence-corrected chi connectivity index (χ3v) is 4.89. The van der Waals surface area contributed by atoms with Gasteiger partial charge in [-0.25, -0.2) is 4.68 Å². The molecule has 0 unspecified atom stereocenters. The summed E-state index contributed by atoms with van der Waals surface area (Å²) < 4.78 is 2.63. The van der Waals surface area contributed by atoms with Gasteiger partial charge in [0.1, 0.15) is 0 Å². The maximum absolute atomic E-state index is 12.7. The standard InChI is InChI=1S/C22H17BrN4O/c1-15-5-6-17(16-7-10-24-11-8-16)13-21(15)25-22(28)20-9-12-27(26-20)19-4-2-3-18(23)14-19/h2-14H,1H3,(H,25,28). The van der Waals surface area contributed by atoms with E-state index in [1.807, 2.05) is 61.5 Å². The molecule has 4 aromatic rings. The van der Waals surface area contributed by atoms with E-state index in [0.29, 0.717) is 5.69 Å². The second-order valence-corrected chi connectivity index (χ2v) is 7.26. The molecule has 0 bridgehead atoms. The fourth-order valence-corrected chi connectivity index (χ4v) is 3.26. The van der Waals surface area contributed by atoms with Gasteiger partial charge < -0.3 is 5.32 Å². The Balaban J connectivity index is 1.57. The lowest BCUT2D eigenvalue weighted by atomic mass is 10.0. The lowest BCUT2D eigenvalue weighted by Crippen LogP contribution is -2.14. The fraction of sp³-hybridized carbons (Fsp3) is 0.0455. The molecule has 6 heteroatoms. The summed E-state index contributed by atoms with van der Waals surface area (Å²) in [5.74, 6) is -0.247. The Morgan fingerprint density at radius 2 is 1.82 bits per heavy atom. The smallest absolute Gasteiger partial charge is 0.276 e. The van der Waals surface area contributed by atoms with Crippen LogP contribution in [0.15, 0.2) is 83.7 Å². The highest BCUT2D eigenvalue weighted by Crippen LogP contribution is 2.25. The first-order valence-electron chi connectivity index (χ1n) is 8.74. The van der Waals surface area contributed by atoms with E-state index in [4.69, 9.17) is 0 Å². The zero-order valence-corrected chi connectivity index (χ0v) is 16.7. The Labute approximate surface area is 171 Å². The summed E-state index contributed by atoms with van der Waals surface area (Å²) in [4.78, 5) is 16.8. The van der Waals surface area contributed by atoms with Crippen molar-refractivity contribution in [2.24, 2.45) is 0 Å². The van der Waals surface area contributed by atoms with Gasteiger partial charge in [-0.05, 0) is 66.1 Å². The van der Waals surface area contributed by atoms with Gasteiger partial charge >= 0.3 is 0 Å². The maximum Gasteiger partial charge on any atom is 0.276 e. The lowest BCUT2D eigenvalue weighted by molar-refractivity contribution is 0.102. The lowest BCUT2D eigenvalue weighted by Gasteiger charge is -2.10. The van der Waals surface area contributed by atoms with Gasteiger partial charge in [0, 0.05) is 28.8 Å². The molecule has 138 valence electrons. The van der Waals surface area contributed by atoms with Crippen molar-refractivity contribution in [2.45, 2.75) is 6.92 Å². The second-order valence-electron chi connectivity index (χ2n) is 6.35. The third kappa shape index (κ3) is 3.87. The van der Waals surface area contributed by atoms with Gasteiger partial charge in [-0.15, -0.1) is 0 Å². The zero-order valence-electron chi connectivity index (χ0n) is 15.1. The van der Waals surface area contributed by atoms with Crippen molar-refractivity contribution in [1.29, 1.82) is 0 Å². The van der Waals surface area contributed by atoms with Crippen LogP contribution in [0.4, 0.5) is 5.69 Å². The van der Waals surface area contributed by atoms with Crippen molar-refractivity contribution in [1.82, 2.24) is 14.8 Å². The van der Waals surface area contributed by atoms with Crippen molar-refractivity contribution in [3.63, 3.8) is 0 Å². The third-order valence-electron chi connectivity index (χ3n) is 4.39. The van der Waals surface area contributed by atoms with Crippen LogP contribution in [-0.4, -0.2) is 20.7 Å². The molecule has 2 heterocycles. The normalized spacial score (nSPS) is 10.6. The molecule has 0 spiro atoms. The largest absolute Gasteiger partial charge is 0.320 e. The number of amides is 1. The van der Waals surface area contributed by atoms with Crippen LogP contribution in [0.25, 0.3) is 16.8 Å². The van der Waals surface area contributed by atoms with Crippen LogP contribution in [0.1, 0.15) is 16.1 Å². The molecule has 0 saturated heterocycles. The molecule has 2 aromatic heterocycles. The Bertz CT molecular complexity index is 1140. The molecule has 0 aliphatic carbocycles. The van der Waals surface area contributed by atoms with Crippen LogP contribution in [-0.2, 0) is 0 Å². The van der Waals surface area contributed by atoms with Gasteiger partial charge in [0.15, 0.2) is 5.69 Å². The topological polar surface area (TPSA) is 59.8 Å². The summed E-state index contributed by atoms with van der Waals surface area (Å²) in [7, 11) is 0. The number of hydrogen-bond acceptors (Lipinski definition) is 3. The summed E-state index contributed by atoms with van der Waals surface area (Å²) >= 11 is 3.45. The number of rotatable bonds is 4. The number of anilines is 1. The minimum atomic E-state index is -0.247. The number of hydrogen-bond donors (Lipinski definition) is 1. The first kappa shape index (κ1) is 18.1. The van der Waals surface area contributed by atoms with Gasteiger partial charge in [0.25, 0.3) is 5.91 Å². The molecule has 0 atom stereocenters. The summed E-state index contributed by atoms with van der Waals surface area (Å²) in [6, 6.07) is 19.3. The van der Waals surface area contributed by atoms with Crippen LogP contribution in [0.2, 0.25) is 0 Å². The molecule has 28 heavy (non-hydrogen) atoms. The van der Waals surface area contributed by atoms with E-state index in [9.17, 15) is 4.79 Å². The summed E-state index contributed by atoms with van der Waals surface area (Å²) in [5, 5.41) is 7.38. The Morgan fingerprint density at radius 1 is 1.00 bits per heavy atom. The van der Waals surface area contributed by atoms with Crippen LogP contribution in [0.5, 0.6) is 0 Å². The number of halogens is 1. The van der Waals surface area contributed by atoms with Crippen molar-refractivity contribution < 1.29 is 4.79 Å². The number of nitrogens with one attached hydrogen (secondary N) is 1. The van der Waals surface area contributed by atoms with E-state index in [-0.39, 0.29) is 5.91 Å². The molecular weight excluding hydrogens is 416 g/mol. The fourth-order valence-electron chi connectivity index (χ4n) is 2.87. The molecule has 0 saturated carbocycles. The van der Waals surface area contributed by atoms with Crippen molar-refractivity contribution in [2.75, 3.05) is 5.32 Å². The van der Waals surface area contributed by atoms with E-state index in [0.717, 1.165) is 32.5 Å². The molecule has 0 aliphatic heterocycles. The average molecular weight is 433 g/mol. The van der Waals surface area contributed by atoms with Crippen LogP contribution < -0.4 is 5.32 Å². The number of carbonyl (C=O) groups is 1. The molecule has 2 aromatic carbocycles. The minimum absolute atomic E-state index is 0.247. The monoisotopic (exact) mass is 432 g/mol. The number of benzene rings is 2. The zero-order chi connectivity index (χ0) is 19.5. The second kappa shape index (κ2) is 7.78. The molecule has 0 fully saturated rings. The molecule has 4 rings (SSSR count). The highest BCUT2D eigenvalue weighted by atomic mass is 79.9. The van der Waals surface area contributed by atoms with E-state index in [1.165, 1.54) is 0 Å². The minimum Gasteiger partial charge on any atom is -0.320 e. The van der Waals surface area contributed by atoms with E-state index < -0.39 is 0 Å². The summed E-state index contributed by atoms with van der Waals surface area (Å²) in [5.41, 5.74) is 5.04. The molecule has 1 amide bonds. The van der Waals surface area contributed by atoms with Gasteiger partial charge in [-0.1, -0.05) is 34.1 Å². The highest BCUT2D eigenvalue weighted by molar-refractivity contribution is 9.10. The SMILES string of the molecule is Cc1ccc(-c2ccncc2)cc1NC(=O)c1ccn(-c2cccc(Br)c2)n1. The number of aromatic nitrogens is 3. The number of nitrogens with zero attached hydrogens (tertiary/aromatic N) is 3. The molecule has 5 nitrogen and oxygen atoms in total. The maximum atomic E-state index is 12.7. The average Bonchev–Trinajstić information content (AvgIpc) is 3.21. The van der Waals surface area contributed by atoms with Crippen LogP contribution in [0, 0.1) is 6.92 Å². The molecule has 1 N–H and O–H groups in total. The molecule has 0 radical (unpaired) electrons. The number of aryl methyl sites for hydroxylation is 1. The van der Waals surface area contributed by atoms with Gasteiger partial charge in [0.05, 0.1) is 5.69 Å². The Morgan fingerprint density at radius 3 is 2.61 bits per heavy atom. The predicted molar refractivity (Wildman–Crippen MR) is 114 cm³/mol. The van der Waals surface area contributed by atoms with Crippen LogP contribution >= 0.6 is 15.9 Å². The Hall–Kier alpha value is -3.25. The van der Waals surface area contributed by atoms with E-state index in [2.05, 4.69) is 31.3 Å². The number of carbonyl (C=O) groups excluding carboxylic acids is 1. The van der Waals surface area contributed by atoms with Crippen molar-refractivity contribution >= 4 is 27.5 Å². The van der Waals surface area contributed by atoms with Gasteiger partial charge in [-0.3, -0.25) is 9.78 Å². The van der Waals surface area contributed by atoms with E-state index >= 15 is 0 Å². The van der Waals surface area contributed by atoms with Crippen molar-refractivity contribution in [3.8, 4) is 16.8 Å². The molecular formula is C22H17BrN4O. The van der Waals surface area contributed by atoms with Gasteiger partial charge in [-0.2, -0.15) is 5.10 Å². The first-order chi connectivity index (χ1) is 13.6. The summed E-state index contributed by atoms with van der Waals surface area (Å²) in [6.45, 7) is 1.96. The van der Waals surface area contributed by atoms with Gasteiger partial charge in [0.2, 0.25) is 0 Å². The Kier molecular flexibility index (Phi) is 5.04. The summed E-state index contributed by atoms with van der Waals surface area (Å²) in [6.07, 6.45) is 5.28.